The van der Waals surface area contributed by atoms with Crippen molar-refractivity contribution in [2.75, 3.05) is 25.0 Å². The van der Waals surface area contributed by atoms with Crippen LogP contribution in [0, 0.1) is 0 Å². The fraction of sp³-hybridized carbons (Fsp3) is 0.312. The Morgan fingerprint density at radius 2 is 2.00 bits per heavy atom. The molecule has 5 nitrogen and oxygen atoms in total. The zero-order chi connectivity index (χ0) is 15.1. The average molecular weight is 287 g/mol. The third kappa shape index (κ3) is 4.36. The summed E-state index contributed by atoms with van der Waals surface area (Å²) in [5.41, 5.74) is 6.61. The SMILES string of the molecule is CN(CCCNC(=O)c1ccc(CN)o1)c1ccccc1. The third-order valence-electron chi connectivity index (χ3n) is 3.24. The molecule has 0 radical (unpaired) electrons. The lowest BCUT2D eigenvalue weighted by atomic mass is 10.3. The predicted octanol–water partition coefficient (Wildman–Crippen LogP) is 1.99. The highest BCUT2D eigenvalue weighted by Crippen LogP contribution is 2.11. The van der Waals surface area contributed by atoms with Gasteiger partial charge in [-0.25, -0.2) is 0 Å². The Morgan fingerprint density at radius 1 is 1.24 bits per heavy atom. The van der Waals surface area contributed by atoms with E-state index in [1.54, 1.807) is 12.1 Å². The van der Waals surface area contributed by atoms with Gasteiger partial charge >= 0.3 is 0 Å². The molecule has 21 heavy (non-hydrogen) atoms. The summed E-state index contributed by atoms with van der Waals surface area (Å²) < 4.78 is 5.29. The maximum Gasteiger partial charge on any atom is 0.286 e. The molecule has 1 aromatic heterocycles. The van der Waals surface area contributed by atoms with Crippen molar-refractivity contribution in [3.05, 3.63) is 54.0 Å². The summed E-state index contributed by atoms with van der Waals surface area (Å²) in [7, 11) is 2.04. The van der Waals surface area contributed by atoms with Gasteiger partial charge in [0.25, 0.3) is 5.91 Å². The molecule has 0 saturated heterocycles. The van der Waals surface area contributed by atoms with Crippen molar-refractivity contribution in [1.29, 1.82) is 0 Å². The van der Waals surface area contributed by atoms with E-state index >= 15 is 0 Å². The van der Waals surface area contributed by atoms with Gasteiger partial charge in [-0.05, 0) is 30.7 Å². The van der Waals surface area contributed by atoms with Crippen molar-refractivity contribution in [3.63, 3.8) is 0 Å². The van der Waals surface area contributed by atoms with Gasteiger partial charge in [-0.15, -0.1) is 0 Å². The van der Waals surface area contributed by atoms with E-state index in [1.807, 2.05) is 25.2 Å². The third-order valence-corrected chi connectivity index (χ3v) is 3.24. The standard InChI is InChI=1S/C16H21N3O2/c1-19(13-6-3-2-4-7-13)11-5-10-18-16(20)15-9-8-14(12-17)21-15/h2-4,6-9H,5,10-12,17H2,1H3,(H,18,20). The molecule has 1 heterocycles. The van der Waals surface area contributed by atoms with Crippen LogP contribution >= 0.6 is 0 Å². The van der Waals surface area contributed by atoms with Gasteiger partial charge < -0.3 is 20.4 Å². The number of rotatable bonds is 7. The van der Waals surface area contributed by atoms with Gasteiger partial charge in [-0.3, -0.25) is 4.79 Å². The molecule has 2 rings (SSSR count). The number of carbonyl (C=O) groups excluding carboxylic acids is 1. The van der Waals surface area contributed by atoms with Crippen molar-refractivity contribution < 1.29 is 9.21 Å². The van der Waals surface area contributed by atoms with Crippen LogP contribution in [0.4, 0.5) is 5.69 Å². The molecule has 0 spiro atoms. The molecule has 2 aromatic rings. The number of furan rings is 1. The molecule has 5 heteroatoms. The number of benzene rings is 1. The Hall–Kier alpha value is -2.27. The highest BCUT2D eigenvalue weighted by atomic mass is 16.4. The van der Waals surface area contributed by atoms with E-state index in [9.17, 15) is 4.79 Å². The van der Waals surface area contributed by atoms with Gasteiger partial charge in [0.05, 0.1) is 6.54 Å². The maximum absolute atomic E-state index is 11.8. The van der Waals surface area contributed by atoms with Crippen LogP contribution in [-0.2, 0) is 6.54 Å². The number of hydrogen-bond acceptors (Lipinski definition) is 4. The van der Waals surface area contributed by atoms with E-state index in [0.717, 1.165) is 13.0 Å². The number of nitrogens with zero attached hydrogens (tertiary/aromatic N) is 1. The molecule has 112 valence electrons. The Balaban J connectivity index is 1.71. The van der Waals surface area contributed by atoms with Crippen LogP contribution in [0.15, 0.2) is 46.9 Å². The summed E-state index contributed by atoms with van der Waals surface area (Å²) in [5, 5.41) is 2.84. The zero-order valence-electron chi connectivity index (χ0n) is 12.2. The first-order valence-corrected chi connectivity index (χ1v) is 7.04. The van der Waals surface area contributed by atoms with E-state index in [-0.39, 0.29) is 5.91 Å². The van der Waals surface area contributed by atoms with Crippen molar-refractivity contribution >= 4 is 11.6 Å². The summed E-state index contributed by atoms with van der Waals surface area (Å²) >= 11 is 0. The minimum absolute atomic E-state index is 0.197. The fourth-order valence-electron chi connectivity index (χ4n) is 2.03. The number of anilines is 1. The number of nitrogens with two attached hydrogens (primary N) is 1. The second-order valence-electron chi connectivity index (χ2n) is 4.84. The predicted molar refractivity (Wildman–Crippen MR) is 83.3 cm³/mol. The topological polar surface area (TPSA) is 71.5 Å². The second-order valence-corrected chi connectivity index (χ2v) is 4.84. The molecule has 1 amide bonds. The molecule has 0 bridgehead atoms. The smallest absolute Gasteiger partial charge is 0.286 e. The molecule has 0 saturated carbocycles. The Labute approximate surface area is 124 Å². The summed E-state index contributed by atoms with van der Waals surface area (Å²) in [6, 6.07) is 13.5. The van der Waals surface area contributed by atoms with E-state index in [2.05, 4.69) is 22.3 Å². The zero-order valence-corrected chi connectivity index (χ0v) is 12.2. The Kier molecular flexibility index (Phi) is 5.40. The number of amides is 1. The molecule has 0 atom stereocenters. The largest absolute Gasteiger partial charge is 0.455 e. The highest BCUT2D eigenvalue weighted by Gasteiger charge is 2.09. The average Bonchev–Trinajstić information content (AvgIpc) is 3.01. The molecule has 0 aliphatic rings. The number of para-hydroxylation sites is 1. The van der Waals surface area contributed by atoms with Crippen molar-refractivity contribution in [2.45, 2.75) is 13.0 Å². The first kappa shape index (κ1) is 15.1. The van der Waals surface area contributed by atoms with Crippen LogP contribution in [0.1, 0.15) is 22.7 Å². The van der Waals surface area contributed by atoms with Gasteiger partial charge in [0.1, 0.15) is 5.76 Å². The van der Waals surface area contributed by atoms with Gasteiger partial charge in [0.2, 0.25) is 0 Å². The normalized spacial score (nSPS) is 10.4. The first-order valence-electron chi connectivity index (χ1n) is 7.04. The van der Waals surface area contributed by atoms with Crippen LogP contribution in [0.25, 0.3) is 0 Å². The lowest BCUT2D eigenvalue weighted by Crippen LogP contribution is -2.27. The highest BCUT2D eigenvalue weighted by molar-refractivity contribution is 5.91. The minimum Gasteiger partial charge on any atom is -0.455 e. The van der Waals surface area contributed by atoms with Crippen LogP contribution < -0.4 is 16.0 Å². The molecule has 3 N–H and O–H groups in total. The lowest BCUT2D eigenvalue weighted by molar-refractivity contribution is 0.0924. The van der Waals surface area contributed by atoms with Crippen molar-refractivity contribution in [1.82, 2.24) is 5.32 Å². The summed E-state index contributed by atoms with van der Waals surface area (Å²) in [6.07, 6.45) is 0.863. The fourth-order valence-corrected chi connectivity index (χ4v) is 2.03. The van der Waals surface area contributed by atoms with Gasteiger partial charge in [0.15, 0.2) is 5.76 Å². The first-order chi connectivity index (χ1) is 10.2. The van der Waals surface area contributed by atoms with Crippen molar-refractivity contribution in [3.8, 4) is 0 Å². The Morgan fingerprint density at radius 3 is 2.67 bits per heavy atom. The molecule has 0 aliphatic heterocycles. The molecule has 0 aliphatic carbocycles. The maximum atomic E-state index is 11.8. The molecular weight excluding hydrogens is 266 g/mol. The molecule has 1 aromatic carbocycles. The summed E-state index contributed by atoms with van der Waals surface area (Å²) in [4.78, 5) is 14.0. The van der Waals surface area contributed by atoms with E-state index in [1.165, 1.54) is 5.69 Å². The number of hydrogen-bond donors (Lipinski definition) is 2. The van der Waals surface area contributed by atoms with Crippen LogP contribution in [0.2, 0.25) is 0 Å². The van der Waals surface area contributed by atoms with Crippen LogP contribution in [0.3, 0.4) is 0 Å². The van der Waals surface area contributed by atoms with Crippen molar-refractivity contribution in [2.24, 2.45) is 5.73 Å². The van der Waals surface area contributed by atoms with Crippen LogP contribution in [0.5, 0.6) is 0 Å². The quantitative estimate of drug-likeness (QED) is 0.764. The van der Waals surface area contributed by atoms with E-state index in [0.29, 0.717) is 24.6 Å². The minimum atomic E-state index is -0.197. The number of carbonyl (C=O) groups is 1. The summed E-state index contributed by atoms with van der Waals surface area (Å²) in [6.45, 7) is 1.78. The van der Waals surface area contributed by atoms with Crippen LogP contribution in [-0.4, -0.2) is 26.0 Å². The summed E-state index contributed by atoms with van der Waals surface area (Å²) in [5.74, 6) is 0.730. The van der Waals surface area contributed by atoms with Gasteiger partial charge in [0, 0.05) is 25.8 Å². The van der Waals surface area contributed by atoms with Gasteiger partial charge in [-0.1, -0.05) is 18.2 Å². The van der Waals surface area contributed by atoms with E-state index in [4.69, 9.17) is 10.2 Å². The number of nitrogens with one attached hydrogen (secondary N) is 1. The van der Waals surface area contributed by atoms with Gasteiger partial charge in [-0.2, -0.15) is 0 Å². The monoisotopic (exact) mass is 287 g/mol. The Bertz CT molecular complexity index is 566. The molecule has 0 fully saturated rings. The van der Waals surface area contributed by atoms with E-state index < -0.39 is 0 Å². The second kappa shape index (κ2) is 7.50. The molecule has 0 unspecified atom stereocenters. The molecular formula is C16H21N3O2. The lowest BCUT2D eigenvalue weighted by Gasteiger charge is -2.19.